The molecule has 0 bridgehead atoms. The SMILES string of the molecule is BrCc1cc(-c2cncnc2)no1. The molecule has 2 aromatic rings. The highest BCUT2D eigenvalue weighted by Gasteiger charge is 2.04. The van der Waals surface area contributed by atoms with Crippen LogP contribution in [-0.2, 0) is 5.33 Å². The third-order valence-electron chi connectivity index (χ3n) is 1.55. The Kier molecular flexibility index (Phi) is 2.35. The van der Waals surface area contributed by atoms with Crippen molar-refractivity contribution in [2.24, 2.45) is 0 Å². The van der Waals surface area contributed by atoms with Gasteiger partial charge in [0, 0.05) is 24.0 Å². The van der Waals surface area contributed by atoms with Crippen molar-refractivity contribution in [1.82, 2.24) is 15.1 Å². The van der Waals surface area contributed by atoms with Crippen molar-refractivity contribution in [3.8, 4) is 11.3 Å². The minimum absolute atomic E-state index is 0.660. The summed E-state index contributed by atoms with van der Waals surface area (Å²) in [5.74, 6) is 0.791. The summed E-state index contributed by atoms with van der Waals surface area (Å²) < 4.78 is 5.02. The average molecular weight is 240 g/mol. The maximum Gasteiger partial charge on any atom is 0.147 e. The van der Waals surface area contributed by atoms with Crippen LogP contribution in [0.4, 0.5) is 0 Å². The van der Waals surface area contributed by atoms with Gasteiger partial charge >= 0.3 is 0 Å². The zero-order valence-electron chi connectivity index (χ0n) is 6.64. The Labute approximate surface area is 83.1 Å². The van der Waals surface area contributed by atoms with Gasteiger partial charge in [0.25, 0.3) is 0 Å². The molecule has 0 saturated heterocycles. The van der Waals surface area contributed by atoms with Gasteiger partial charge in [-0.2, -0.15) is 0 Å². The minimum atomic E-state index is 0.660. The van der Waals surface area contributed by atoms with E-state index in [-0.39, 0.29) is 0 Å². The van der Waals surface area contributed by atoms with E-state index < -0.39 is 0 Å². The molecule has 66 valence electrons. The molecule has 0 fully saturated rings. The van der Waals surface area contributed by atoms with Gasteiger partial charge in [-0.3, -0.25) is 0 Å². The van der Waals surface area contributed by atoms with Crippen molar-refractivity contribution in [3.63, 3.8) is 0 Å². The monoisotopic (exact) mass is 239 g/mol. The first kappa shape index (κ1) is 8.37. The lowest BCUT2D eigenvalue weighted by molar-refractivity contribution is 0.398. The van der Waals surface area contributed by atoms with Crippen LogP contribution in [0.3, 0.4) is 0 Å². The van der Waals surface area contributed by atoms with E-state index in [0.29, 0.717) is 5.33 Å². The molecule has 2 heterocycles. The molecule has 0 spiro atoms. The van der Waals surface area contributed by atoms with Crippen LogP contribution in [0.2, 0.25) is 0 Å². The molecule has 0 saturated carbocycles. The predicted molar refractivity (Wildman–Crippen MR) is 50.2 cm³/mol. The summed E-state index contributed by atoms with van der Waals surface area (Å²) >= 11 is 3.28. The number of nitrogens with zero attached hydrogens (tertiary/aromatic N) is 3. The minimum Gasteiger partial charge on any atom is -0.360 e. The lowest BCUT2D eigenvalue weighted by Gasteiger charge is -1.89. The maximum absolute atomic E-state index is 5.02. The standard InChI is InChI=1S/C8H6BrN3O/c9-2-7-1-8(12-13-7)6-3-10-5-11-4-6/h1,3-5H,2H2. The second-order valence-electron chi connectivity index (χ2n) is 2.44. The Balaban J connectivity index is 2.36. The van der Waals surface area contributed by atoms with Crippen molar-refractivity contribution in [1.29, 1.82) is 0 Å². The molecule has 0 aliphatic rings. The normalized spacial score (nSPS) is 10.2. The Morgan fingerprint density at radius 1 is 1.31 bits per heavy atom. The number of halogens is 1. The van der Waals surface area contributed by atoms with Gasteiger partial charge in [0.15, 0.2) is 0 Å². The third kappa shape index (κ3) is 1.75. The maximum atomic E-state index is 5.02. The van der Waals surface area contributed by atoms with Crippen LogP contribution >= 0.6 is 15.9 Å². The topological polar surface area (TPSA) is 51.8 Å². The van der Waals surface area contributed by atoms with Crippen LogP contribution in [-0.4, -0.2) is 15.1 Å². The Hall–Kier alpha value is -1.23. The number of hydrogen-bond acceptors (Lipinski definition) is 4. The van der Waals surface area contributed by atoms with Crippen molar-refractivity contribution in [2.45, 2.75) is 5.33 Å². The third-order valence-corrected chi connectivity index (χ3v) is 2.10. The molecule has 0 amide bonds. The van der Waals surface area contributed by atoms with E-state index in [0.717, 1.165) is 17.0 Å². The molecule has 0 atom stereocenters. The summed E-state index contributed by atoms with van der Waals surface area (Å²) in [6.07, 6.45) is 4.88. The molecule has 2 aromatic heterocycles. The Morgan fingerprint density at radius 3 is 2.69 bits per heavy atom. The van der Waals surface area contributed by atoms with Gasteiger partial charge < -0.3 is 4.52 Å². The second kappa shape index (κ2) is 3.66. The Morgan fingerprint density at radius 2 is 2.08 bits per heavy atom. The van der Waals surface area contributed by atoms with Crippen molar-refractivity contribution in [3.05, 3.63) is 30.5 Å². The number of aromatic nitrogens is 3. The van der Waals surface area contributed by atoms with E-state index in [9.17, 15) is 0 Å². The van der Waals surface area contributed by atoms with Gasteiger partial charge in [-0.05, 0) is 0 Å². The summed E-state index contributed by atoms with van der Waals surface area (Å²) in [4.78, 5) is 7.78. The summed E-state index contributed by atoms with van der Waals surface area (Å²) in [7, 11) is 0. The zero-order chi connectivity index (χ0) is 9.10. The van der Waals surface area contributed by atoms with E-state index >= 15 is 0 Å². The summed E-state index contributed by atoms with van der Waals surface area (Å²) in [5, 5.41) is 4.53. The molecule has 0 aliphatic heterocycles. The summed E-state index contributed by atoms with van der Waals surface area (Å²) in [6, 6.07) is 1.85. The fourth-order valence-corrected chi connectivity index (χ4v) is 1.21. The van der Waals surface area contributed by atoms with Gasteiger partial charge in [-0.25, -0.2) is 9.97 Å². The molecule has 0 aliphatic carbocycles. The fraction of sp³-hybridized carbons (Fsp3) is 0.125. The molecule has 0 unspecified atom stereocenters. The highest BCUT2D eigenvalue weighted by Crippen LogP contribution is 2.17. The highest BCUT2D eigenvalue weighted by molar-refractivity contribution is 9.08. The van der Waals surface area contributed by atoms with E-state index in [1.807, 2.05) is 6.07 Å². The van der Waals surface area contributed by atoms with Crippen molar-refractivity contribution in [2.75, 3.05) is 0 Å². The van der Waals surface area contributed by atoms with Crippen LogP contribution < -0.4 is 0 Å². The molecule has 2 rings (SSSR count). The summed E-state index contributed by atoms with van der Waals surface area (Å²) in [6.45, 7) is 0. The van der Waals surface area contributed by atoms with E-state index in [1.54, 1.807) is 12.4 Å². The van der Waals surface area contributed by atoms with E-state index in [4.69, 9.17) is 4.52 Å². The number of rotatable bonds is 2. The zero-order valence-corrected chi connectivity index (χ0v) is 8.23. The van der Waals surface area contributed by atoms with Gasteiger partial charge in [0.05, 0.1) is 5.33 Å². The molecular formula is C8H6BrN3O. The fourth-order valence-electron chi connectivity index (χ4n) is 0.943. The van der Waals surface area contributed by atoms with Gasteiger partial charge in [0.2, 0.25) is 0 Å². The Bertz CT molecular complexity index is 387. The molecular weight excluding hydrogens is 234 g/mol. The van der Waals surface area contributed by atoms with Crippen LogP contribution in [0.1, 0.15) is 5.76 Å². The van der Waals surface area contributed by atoms with Gasteiger partial charge in [0.1, 0.15) is 17.8 Å². The quantitative estimate of drug-likeness (QED) is 0.753. The summed E-state index contributed by atoms with van der Waals surface area (Å²) in [5.41, 5.74) is 1.62. The van der Waals surface area contributed by atoms with E-state index in [1.165, 1.54) is 6.33 Å². The van der Waals surface area contributed by atoms with Crippen LogP contribution in [0.15, 0.2) is 29.3 Å². The van der Waals surface area contributed by atoms with Gasteiger partial charge in [-0.1, -0.05) is 21.1 Å². The largest absolute Gasteiger partial charge is 0.360 e. The van der Waals surface area contributed by atoms with Crippen LogP contribution in [0, 0.1) is 0 Å². The molecule has 0 radical (unpaired) electrons. The number of alkyl halides is 1. The molecule has 13 heavy (non-hydrogen) atoms. The smallest absolute Gasteiger partial charge is 0.147 e. The highest BCUT2D eigenvalue weighted by atomic mass is 79.9. The predicted octanol–water partition coefficient (Wildman–Crippen LogP) is 2.03. The number of hydrogen-bond donors (Lipinski definition) is 0. The van der Waals surface area contributed by atoms with Crippen molar-refractivity contribution < 1.29 is 4.52 Å². The lowest BCUT2D eigenvalue weighted by atomic mass is 10.2. The first-order valence-corrected chi connectivity index (χ1v) is 4.79. The van der Waals surface area contributed by atoms with Gasteiger partial charge in [-0.15, -0.1) is 0 Å². The molecule has 0 N–H and O–H groups in total. The molecule has 0 aromatic carbocycles. The first-order chi connectivity index (χ1) is 6.40. The van der Waals surface area contributed by atoms with Crippen molar-refractivity contribution >= 4 is 15.9 Å². The molecule has 5 heteroatoms. The van der Waals surface area contributed by atoms with Crippen LogP contribution in [0.25, 0.3) is 11.3 Å². The second-order valence-corrected chi connectivity index (χ2v) is 3.00. The lowest BCUT2D eigenvalue weighted by Crippen LogP contribution is -1.80. The first-order valence-electron chi connectivity index (χ1n) is 3.67. The van der Waals surface area contributed by atoms with Crippen LogP contribution in [0.5, 0.6) is 0 Å². The molecule has 4 nitrogen and oxygen atoms in total. The van der Waals surface area contributed by atoms with E-state index in [2.05, 4.69) is 31.1 Å². The average Bonchev–Trinajstić information content (AvgIpc) is 2.67.